The maximum absolute atomic E-state index is 12.6. The Morgan fingerprint density at radius 1 is 1.12 bits per heavy atom. The number of phenols is 2. The molecule has 0 saturated carbocycles. The van der Waals surface area contributed by atoms with Crippen LogP contribution in [0.3, 0.4) is 0 Å². The lowest BCUT2D eigenvalue weighted by molar-refractivity contribution is 0.0597. The molecule has 6 nitrogen and oxygen atoms in total. The van der Waals surface area contributed by atoms with E-state index in [0.29, 0.717) is 28.5 Å². The highest BCUT2D eigenvalue weighted by molar-refractivity contribution is 6.01. The summed E-state index contributed by atoms with van der Waals surface area (Å²) in [6, 6.07) is 5.69. The van der Waals surface area contributed by atoms with Crippen LogP contribution >= 0.6 is 0 Å². The third-order valence-electron chi connectivity index (χ3n) is 4.10. The third-order valence-corrected chi connectivity index (χ3v) is 4.10. The number of hydrogen-bond acceptors (Lipinski definition) is 6. The molecule has 0 spiro atoms. The molecule has 2 rings (SSSR count). The summed E-state index contributed by atoms with van der Waals surface area (Å²) in [6.07, 6.45) is 0.457. The molecule has 0 aliphatic heterocycles. The summed E-state index contributed by atoms with van der Waals surface area (Å²) >= 11 is 0. The van der Waals surface area contributed by atoms with Crippen molar-refractivity contribution in [3.05, 3.63) is 57.6 Å². The van der Waals surface area contributed by atoms with E-state index in [4.69, 9.17) is 0 Å². The predicted molar refractivity (Wildman–Crippen MR) is 90.4 cm³/mol. The molecule has 0 aromatic heterocycles. The number of benzene rings is 2. The Balaban J connectivity index is 2.37. The van der Waals surface area contributed by atoms with Crippen LogP contribution in [-0.4, -0.2) is 35.4 Å². The number of methoxy groups -OCH3 is 1. The highest BCUT2D eigenvalue weighted by Crippen LogP contribution is 2.28. The van der Waals surface area contributed by atoms with Gasteiger partial charge in [-0.25, -0.2) is 4.79 Å². The van der Waals surface area contributed by atoms with E-state index in [2.05, 4.69) is 4.74 Å². The monoisotopic (exact) mass is 342 g/mol. The van der Waals surface area contributed by atoms with Crippen LogP contribution in [0.15, 0.2) is 24.3 Å². The van der Waals surface area contributed by atoms with Gasteiger partial charge in [0.25, 0.3) is 0 Å². The minimum absolute atomic E-state index is 0.0231. The zero-order chi connectivity index (χ0) is 18.7. The molecule has 6 heteroatoms. The van der Waals surface area contributed by atoms with Crippen LogP contribution in [0.2, 0.25) is 0 Å². The summed E-state index contributed by atoms with van der Waals surface area (Å²) in [7, 11) is 1.22. The Hall–Kier alpha value is -3.15. The molecule has 2 aromatic carbocycles. The van der Waals surface area contributed by atoms with Crippen molar-refractivity contribution in [2.75, 3.05) is 7.11 Å². The van der Waals surface area contributed by atoms with E-state index in [1.807, 2.05) is 0 Å². The van der Waals surface area contributed by atoms with Crippen LogP contribution < -0.4 is 0 Å². The first kappa shape index (κ1) is 18.2. The standard InChI is InChI=1S/C19H18O6/c1-10-6-16(21)13(9-20)7-15(10)17(22)8-12-4-5-14(19(24)25-3)18(23)11(12)2/h4-7,9,21,23H,8H2,1-3H3. The molecule has 0 bridgehead atoms. The SMILES string of the molecule is COC(=O)c1ccc(CC(=O)c2cc(C=O)c(O)cc2C)c(C)c1O. The molecule has 2 aromatic rings. The normalized spacial score (nSPS) is 10.4. The first-order chi connectivity index (χ1) is 11.8. The molecule has 2 N–H and O–H groups in total. The maximum atomic E-state index is 12.6. The molecule has 0 aliphatic rings. The molecule has 130 valence electrons. The number of ether oxygens (including phenoxy) is 1. The van der Waals surface area contributed by atoms with Crippen molar-refractivity contribution in [2.24, 2.45) is 0 Å². The van der Waals surface area contributed by atoms with Gasteiger partial charge < -0.3 is 14.9 Å². The number of aryl methyl sites for hydroxylation is 1. The van der Waals surface area contributed by atoms with Crippen molar-refractivity contribution >= 4 is 18.0 Å². The second-order valence-electron chi connectivity index (χ2n) is 5.68. The average molecular weight is 342 g/mol. The minimum Gasteiger partial charge on any atom is -0.507 e. The molecular formula is C19H18O6. The predicted octanol–water partition coefficient (Wildman–Crippen LogP) is 2.74. The molecule has 0 amide bonds. The van der Waals surface area contributed by atoms with Gasteiger partial charge in [0.2, 0.25) is 0 Å². The summed E-state index contributed by atoms with van der Waals surface area (Å²) in [5.41, 5.74) is 1.88. The fourth-order valence-corrected chi connectivity index (χ4v) is 2.58. The Kier molecular flexibility index (Phi) is 5.22. The molecule has 0 radical (unpaired) electrons. The molecular weight excluding hydrogens is 324 g/mol. The summed E-state index contributed by atoms with van der Waals surface area (Å²) in [5, 5.41) is 19.8. The van der Waals surface area contributed by atoms with Gasteiger partial charge in [-0.2, -0.15) is 0 Å². The van der Waals surface area contributed by atoms with Crippen LogP contribution in [0.4, 0.5) is 0 Å². The van der Waals surface area contributed by atoms with Crippen LogP contribution in [0.25, 0.3) is 0 Å². The lowest BCUT2D eigenvalue weighted by Crippen LogP contribution is -2.09. The van der Waals surface area contributed by atoms with Gasteiger partial charge in [0.05, 0.1) is 12.7 Å². The Labute approximate surface area is 144 Å². The molecule has 25 heavy (non-hydrogen) atoms. The van der Waals surface area contributed by atoms with Crippen LogP contribution in [0, 0.1) is 13.8 Å². The first-order valence-electron chi connectivity index (χ1n) is 7.51. The largest absolute Gasteiger partial charge is 0.507 e. The Morgan fingerprint density at radius 2 is 1.80 bits per heavy atom. The summed E-state index contributed by atoms with van der Waals surface area (Å²) < 4.78 is 4.59. The van der Waals surface area contributed by atoms with Gasteiger partial charge in [-0.3, -0.25) is 9.59 Å². The van der Waals surface area contributed by atoms with Crippen molar-refractivity contribution < 1.29 is 29.3 Å². The summed E-state index contributed by atoms with van der Waals surface area (Å²) in [6.45, 7) is 3.26. The van der Waals surface area contributed by atoms with Gasteiger partial charge in [-0.15, -0.1) is 0 Å². The van der Waals surface area contributed by atoms with Crippen molar-refractivity contribution in [1.82, 2.24) is 0 Å². The van der Waals surface area contributed by atoms with Gasteiger partial charge >= 0.3 is 5.97 Å². The van der Waals surface area contributed by atoms with Crippen molar-refractivity contribution in [2.45, 2.75) is 20.3 Å². The number of carbonyl (C=O) groups excluding carboxylic acids is 3. The molecule has 0 atom stereocenters. The zero-order valence-electron chi connectivity index (χ0n) is 14.1. The van der Waals surface area contributed by atoms with E-state index >= 15 is 0 Å². The van der Waals surface area contributed by atoms with Crippen molar-refractivity contribution in [3.8, 4) is 11.5 Å². The van der Waals surface area contributed by atoms with E-state index in [0.717, 1.165) is 0 Å². The first-order valence-corrected chi connectivity index (χ1v) is 7.51. The third kappa shape index (κ3) is 3.52. The van der Waals surface area contributed by atoms with Crippen LogP contribution in [-0.2, 0) is 11.2 Å². The fraction of sp³-hybridized carbons (Fsp3) is 0.211. The van der Waals surface area contributed by atoms with Gasteiger partial charge in [0.1, 0.15) is 17.1 Å². The van der Waals surface area contributed by atoms with Crippen molar-refractivity contribution in [3.63, 3.8) is 0 Å². The number of aldehydes is 1. The number of Topliss-reactive ketones (excluding diaryl/α,β-unsaturated/α-hetero) is 1. The summed E-state index contributed by atoms with van der Waals surface area (Å²) in [5.74, 6) is -1.34. The van der Waals surface area contributed by atoms with E-state index in [1.54, 1.807) is 19.9 Å². The van der Waals surface area contributed by atoms with E-state index in [1.165, 1.54) is 25.3 Å². The molecule has 0 heterocycles. The van der Waals surface area contributed by atoms with Gasteiger partial charge in [-0.05, 0) is 48.7 Å². The lowest BCUT2D eigenvalue weighted by Gasteiger charge is -2.12. The van der Waals surface area contributed by atoms with Crippen LogP contribution in [0.5, 0.6) is 11.5 Å². The number of aromatic hydroxyl groups is 2. The minimum atomic E-state index is -0.663. The van der Waals surface area contributed by atoms with Gasteiger partial charge in [-0.1, -0.05) is 6.07 Å². The number of ketones is 1. The number of esters is 1. The smallest absolute Gasteiger partial charge is 0.341 e. The van der Waals surface area contributed by atoms with Gasteiger partial charge in [0.15, 0.2) is 12.1 Å². The second kappa shape index (κ2) is 7.17. The molecule has 0 saturated heterocycles. The number of carbonyl (C=O) groups is 3. The zero-order valence-corrected chi connectivity index (χ0v) is 14.1. The highest BCUT2D eigenvalue weighted by Gasteiger charge is 2.19. The van der Waals surface area contributed by atoms with E-state index in [9.17, 15) is 24.6 Å². The second-order valence-corrected chi connectivity index (χ2v) is 5.68. The van der Waals surface area contributed by atoms with E-state index in [-0.39, 0.29) is 34.8 Å². The summed E-state index contributed by atoms with van der Waals surface area (Å²) in [4.78, 5) is 35.1. The number of phenolic OH excluding ortho intramolecular Hbond substituents is 2. The Morgan fingerprint density at radius 3 is 2.40 bits per heavy atom. The molecule has 0 fully saturated rings. The number of rotatable bonds is 5. The van der Waals surface area contributed by atoms with Gasteiger partial charge in [0, 0.05) is 12.0 Å². The lowest BCUT2D eigenvalue weighted by atomic mass is 9.94. The Bertz CT molecular complexity index is 867. The highest BCUT2D eigenvalue weighted by atomic mass is 16.5. The van der Waals surface area contributed by atoms with E-state index < -0.39 is 5.97 Å². The van der Waals surface area contributed by atoms with Crippen LogP contribution in [0.1, 0.15) is 47.8 Å². The molecule has 0 unspecified atom stereocenters. The van der Waals surface area contributed by atoms with Crippen molar-refractivity contribution in [1.29, 1.82) is 0 Å². The quantitative estimate of drug-likeness (QED) is 0.492. The molecule has 0 aliphatic carbocycles. The fourth-order valence-electron chi connectivity index (χ4n) is 2.58. The number of hydrogen-bond donors (Lipinski definition) is 2. The maximum Gasteiger partial charge on any atom is 0.341 e. The topological polar surface area (TPSA) is 101 Å². The average Bonchev–Trinajstić information content (AvgIpc) is 2.58.